The predicted molar refractivity (Wildman–Crippen MR) is 64.1 cm³/mol. The Bertz CT molecular complexity index is 540. The smallest absolute Gasteiger partial charge is 0.358 e. The van der Waals surface area contributed by atoms with Crippen LogP contribution in [0.15, 0.2) is 34.3 Å². The number of nitro groups is 1. The van der Waals surface area contributed by atoms with Crippen molar-refractivity contribution in [1.29, 1.82) is 0 Å². The zero-order chi connectivity index (χ0) is 13.1. The summed E-state index contributed by atoms with van der Waals surface area (Å²) in [5, 5.41) is 10.3. The molecule has 0 saturated carbocycles. The fourth-order valence-electron chi connectivity index (χ4n) is 0.896. The molecule has 0 atom stereocenters. The van der Waals surface area contributed by atoms with Crippen molar-refractivity contribution in [3.8, 4) is 0 Å². The number of aromatic nitrogens is 1. The van der Waals surface area contributed by atoms with Crippen molar-refractivity contribution < 1.29 is 13.3 Å². The van der Waals surface area contributed by atoms with E-state index < -0.39 is 20.8 Å². The summed E-state index contributed by atoms with van der Waals surface area (Å²) < 4.78 is 26.0. The van der Waals surface area contributed by atoms with Gasteiger partial charge in [-0.3, -0.25) is 0 Å². The van der Waals surface area contributed by atoms with Gasteiger partial charge in [0.25, 0.3) is 0 Å². The number of hydrogen-bond donors (Lipinski definition) is 1. The maximum Gasteiger partial charge on any atom is 0.363 e. The fraction of sp³-hybridized carbons (Fsp3) is 0.125. The van der Waals surface area contributed by atoms with Crippen LogP contribution in [0.25, 0.3) is 0 Å². The summed E-state index contributed by atoms with van der Waals surface area (Å²) in [5.74, 6) is -0.408. The van der Waals surface area contributed by atoms with Gasteiger partial charge in [0.2, 0.25) is 10.0 Å². The highest BCUT2D eigenvalue weighted by molar-refractivity contribution is 9.11. The van der Waals surface area contributed by atoms with Crippen molar-refractivity contribution in [3.63, 3.8) is 0 Å². The van der Waals surface area contributed by atoms with E-state index in [4.69, 9.17) is 0 Å². The molecule has 1 rings (SSSR count). The number of nitrogens with zero attached hydrogens (tertiary/aromatic N) is 2. The largest absolute Gasteiger partial charge is 0.363 e. The first-order valence-electron chi connectivity index (χ1n) is 4.26. The van der Waals surface area contributed by atoms with Crippen molar-refractivity contribution in [2.45, 2.75) is 4.90 Å². The summed E-state index contributed by atoms with van der Waals surface area (Å²) in [5.41, 5.74) is 0. The molecule has 0 bridgehead atoms. The van der Waals surface area contributed by atoms with Crippen LogP contribution in [-0.4, -0.2) is 24.9 Å². The summed E-state index contributed by atoms with van der Waals surface area (Å²) >= 11 is 3.00. The van der Waals surface area contributed by atoms with Crippen LogP contribution in [0, 0.1) is 10.1 Å². The maximum absolute atomic E-state index is 11.6. The van der Waals surface area contributed by atoms with E-state index in [2.05, 4.69) is 32.2 Å². The molecular formula is C8H8BrN3O4S. The van der Waals surface area contributed by atoms with E-state index in [9.17, 15) is 18.5 Å². The van der Waals surface area contributed by atoms with Crippen LogP contribution in [0.2, 0.25) is 0 Å². The number of pyridine rings is 1. The van der Waals surface area contributed by atoms with Crippen molar-refractivity contribution in [2.24, 2.45) is 0 Å². The molecule has 0 aromatic carbocycles. The van der Waals surface area contributed by atoms with Gasteiger partial charge < -0.3 is 10.1 Å². The molecule has 1 aromatic rings. The Morgan fingerprint density at radius 3 is 2.65 bits per heavy atom. The Hall–Kier alpha value is -1.32. The van der Waals surface area contributed by atoms with E-state index in [0.717, 1.165) is 18.3 Å². The molecule has 17 heavy (non-hydrogen) atoms. The van der Waals surface area contributed by atoms with Crippen molar-refractivity contribution in [2.75, 3.05) is 6.54 Å². The van der Waals surface area contributed by atoms with Crippen LogP contribution >= 0.6 is 15.9 Å². The summed E-state index contributed by atoms with van der Waals surface area (Å²) in [6.45, 7) is 3.50. The average molecular weight is 322 g/mol. The molecule has 0 aliphatic heterocycles. The molecule has 0 spiro atoms. The van der Waals surface area contributed by atoms with E-state index in [-0.39, 0.29) is 11.4 Å². The Morgan fingerprint density at radius 2 is 2.24 bits per heavy atom. The van der Waals surface area contributed by atoms with Gasteiger partial charge in [-0.25, -0.2) is 13.1 Å². The van der Waals surface area contributed by atoms with Gasteiger partial charge in [0, 0.05) is 17.1 Å². The zero-order valence-corrected chi connectivity index (χ0v) is 10.9. The number of hydrogen-bond acceptors (Lipinski definition) is 5. The Morgan fingerprint density at radius 1 is 1.59 bits per heavy atom. The summed E-state index contributed by atoms with van der Waals surface area (Å²) in [6, 6.07) is 2.14. The molecule has 0 aliphatic carbocycles. The first-order chi connectivity index (χ1) is 7.83. The van der Waals surface area contributed by atoms with Gasteiger partial charge in [0.1, 0.15) is 4.90 Å². The molecule has 0 radical (unpaired) electrons. The molecule has 7 nitrogen and oxygen atoms in total. The van der Waals surface area contributed by atoms with E-state index in [1.54, 1.807) is 0 Å². The third-order valence-corrected chi connectivity index (χ3v) is 3.34. The normalized spacial score (nSPS) is 11.1. The highest BCUT2D eigenvalue weighted by Gasteiger charge is 2.17. The van der Waals surface area contributed by atoms with Gasteiger partial charge >= 0.3 is 5.82 Å². The predicted octanol–water partition coefficient (Wildman–Crippen LogP) is 1.18. The van der Waals surface area contributed by atoms with Crippen molar-refractivity contribution >= 4 is 31.8 Å². The van der Waals surface area contributed by atoms with Crippen LogP contribution in [0.4, 0.5) is 5.82 Å². The number of rotatable bonds is 5. The van der Waals surface area contributed by atoms with Gasteiger partial charge in [-0.1, -0.05) is 22.5 Å². The van der Waals surface area contributed by atoms with E-state index in [0.29, 0.717) is 4.48 Å². The lowest BCUT2D eigenvalue weighted by Crippen LogP contribution is -2.24. The minimum Gasteiger partial charge on any atom is -0.358 e. The second-order valence-corrected chi connectivity index (χ2v) is 5.84. The van der Waals surface area contributed by atoms with Crippen LogP contribution < -0.4 is 4.72 Å². The second-order valence-electron chi connectivity index (χ2n) is 2.95. The van der Waals surface area contributed by atoms with Gasteiger partial charge in [0.05, 0.1) is 0 Å². The lowest BCUT2D eigenvalue weighted by atomic mass is 10.5. The molecular weight excluding hydrogens is 314 g/mol. The first-order valence-corrected chi connectivity index (χ1v) is 6.54. The third kappa shape index (κ3) is 3.88. The van der Waals surface area contributed by atoms with E-state index in [1.165, 1.54) is 0 Å². The highest BCUT2D eigenvalue weighted by Crippen LogP contribution is 2.12. The summed E-state index contributed by atoms with van der Waals surface area (Å²) in [6.07, 6.45) is 0.928. The number of sulfonamides is 1. The van der Waals surface area contributed by atoms with Gasteiger partial charge in [-0.15, -0.1) is 0 Å². The molecule has 92 valence electrons. The number of halogens is 1. The van der Waals surface area contributed by atoms with E-state index in [1.807, 2.05) is 0 Å². The van der Waals surface area contributed by atoms with Crippen LogP contribution in [-0.2, 0) is 10.0 Å². The summed E-state index contributed by atoms with van der Waals surface area (Å²) in [4.78, 5) is 12.9. The topological polar surface area (TPSA) is 102 Å². The average Bonchev–Trinajstić information content (AvgIpc) is 2.27. The third-order valence-electron chi connectivity index (χ3n) is 1.67. The lowest BCUT2D eigenvalue weighted by molar-refractivity contribution is -0.389. The van der Waals surface area contributed by atoms with Crippen molar-refractivity contribution in [1.82, 2.24) is 9.71 Å². The molecule has 9 heteroatoms. The number of nitrogens with one attached hydrogen (secondary N) is 1. The minimum atomic E-state index is -3.72. The quantitative estimate of drug-likeness (QED) is 0.648. The molecule has 1 N–H and O–H groups in total. The van der Waals surface area contributed by atoms with E-state index >= 15 is 0 Å². The SMILES string of the molecule is C=C(Br)CNS(=O)(=O)c1ccc([N+](=O)[O-])nc1. The van der Waals surface area contributed by atoms with Crippen LogP contribution in [0.1, 0.15) is 0 Å². The second kappa shape index (κ2) is 5.34. The Balaban J connectivity index is 2.92. The lowest BCUT2D eigenvalue weighted by Gasteiger charge is -2.03. The maximum atomic E-state index is 11.6. The van der Waals surface area contributed by atoms with Gasteiger partial charge in [-0.05, 0) is 16.0 Å². The highest BCUT2D eigenvalue weighted by atomic mass is 79.9. The van der Waals surface area contributed by atoms with Crippen LogP contribution in [0.3, 0.4) is 0 Å². The minimum absolute atomic E-state index is 0.0271. The monoisotopic (exact) mass is 321 g/mol. The summed E-state index contributed by atoms with van der Waals surface area (Å²) in [7, 11) is -3.72. The molecule has 0 amide bonds. The standard InChI is InChI=1S/C8H8BrN3O4S/c1-6(9)4-11-17(15,16)7-2-3-8(10-5-7)12(13)14/h2-3,5,11H,1,4H2. The molecule has 1 aromatic heterocycles. The Kier molecular flexibility index (Phi) is 4.32. The van der Waals surface area contributed by atoms with Gasteiger partial charge in [-0.2, -0.15) is 0 Å². The molecule has 0 aliphatic rings. The molecule has 0 fully saturated rings. The van der Waals surface area contributed by atoms with Crippen LogP contribution in [0.5, 0.6) is 0 Å². The van der Waals surface area contributed by atoms with Crippen molar-refractivity contribution in [3.05, 3.63) is 39.5 Å². The Labute approximate surface area is 106 Å². The first kappa shape index (κ1) is 13.7. The molecule has 0 saturated heterocycles. The van der Waals surface area contributed by atoms with Gasteiger partial charge in [0.15, 0.2) is 6.20 Å². The molecule has 1 heterocycles. The molecule has 0 unspecified atom stereocenters. The zero-order valence-electron chi connectivity index (χ0n) is 8.46. The fourth-order valence-corrected chi connectivity index (χ4v) is 2.19.